The van der Waals surface area contributed by atoms with E-state index >= 15 is 0 Å². The molecule has 2 atom stereocenters. The molecule has 4 heterocycles. The first kappa shape index (κ1) is 27.2. The van der Waals surface area contributed by atoms with Crippen LogP contribution in [0, 0.1) is 0 Å². The molecule has 39 heavy (non-hydrogen) atoms. The highest BCUT2D eigenvalue weighted by Gasteiger charge is 2.26. The molecule has 9 heteroatoms. The Morgan fingerprint density at radius 3 is 2.77 bits per heavy atom. The predicted octanol–water partition coefficient (Wildman–Crippen LogP) is 5.23. The molecule has 0 bridgehead atoms. The van der Waals surface area contributed by atoms with Gasteiger partial charge in [-0.25, -0.2) is 9.50 Å². The van der Waals surface area contributed by atoms with E-state index in [1.807, 2.05) is 58.0 Å². The summed E-state index contributed by atoms with van der Waals surface area (Å²) in [5, 5.41) is 4.72. The van der Waals surface area contributed by atoms with Gasteiger partial charge in [0.2, 0.25) is 0 Å². The van der Waals surface area contributed by atoms with Gasteiger partial charge in [0, 0.05) is 42.1 Å². The van der Waals surface area contributed by atoms with Crippen LogP contribution in [0.1, 0.15) is 56.8 Å². The molecule has 4 aromatic rings. The number of ketones is 1. The number of rotatable bonds is 7. The predicted molar refractivity (Wildman–Crippen MR) is 150 cm³/mol. The normalized spacial score (nSPS) is 16.3. The first-order chi connectivity index (χ1) is 18.6. The van der Waals surface area contributed by atoms with Crippen LogP contribution < -0.4 is 5.56 Å². The second-order valence-corrected chi connectivity index (χ2v) is 11.5. The van der Waals surface area contributed by atoms with Crippen molar-refractivity contribution in [2.75, 3.05) is 6.61 Å². The molecule has 8 nitrogen and oxygen atoms in total. The molecule has 0 N–H and O–H groups in total. The number of halogens is 1. The number of pyridine rings is 2. The number of hydrogen-bond donors (Lipinski definition) is 0. The average molecular weight is 549 g/mol. The standard InChI is InChI=1S/C30H33ClN4O4/c1-19-11-21-5-6-23(31)14-24(21)25-15-29(37)34(16-22(25)17-38-19)26(8-10-39-30(2,3)4)27(36)12-20-7-9-35-28(13-20)32-18-33-35/h5-7,9,13-16,18-19,26H,8,10-12,17H2,1-4H3/t19-,26+/m1/s1. The number of ether oxygens (including phenoxy) is 2. The van der Waals surface area contributed by atoms with E-state index in [0.29, 0.717) is 30.3 Å². The molecule has 0 saturated carbocycles. The minimum Gasteiger partial charge on any atom is -0.376 e. The summed E-state index contributed by atoms with van der Waals surface area (Å²) in [4.78, 5) is 31.6. The van der Waals surface area contributed by atoms with E-state index in [2.05, 4.69) is 10.1 Å². The zero-order chi connectivity index (χ0) is 27.7. The topological polar surface area (TPSA) is 87.7 Å². The van der Waals surface area contributed by atoms with E-state index in [9.17, 15) is 9.59 Å². The number of carbonyl (C=O) groups is 1. The van der Waals surface area contributed by atoms with Gasteiger partial charge >= 0.3 is 0 Å². The monoisotopic (exact) mass is 548 g/mol. The molecular weight excluding hydrogens is 516 g/mol. The lowest BCUT2D eigenvalue weighted by Crippen LogP contribution is -2.33. The van der Waals surface area contributed by atoms with Gasteiger partial charge in [0.25, 0.3) is 5.56 Å². The van der Waals surface area contributed by atoms with E-state index < -0.39 is 6.04 Å². The largest absolute Gasteiger partial charge is 0.376 e. The van der Waals surface area contributed by atoms with E-state index in [1.54, 1.807) is 27.5 Å². The van der Waals surface area contributed by atoms with Gasteiger partial charge in [0.1, 0.15) is 6.33 Å². The van der Waals surface area contributed by atoms with Crippen LogP contribution in [-0.4, -0.2) is 43.3 Å². The summed E-state index contributed by atoms with van der Waals surface area (Å²) in [6, 6.07) is 10.3. The van der Waals surface area contributed by atoms with Gasteiger partial charge in [-0.15, -0.1) is 0 Å². The Morgan fingerprint density at radius 1 is 1.18 bits per heavy atom. The van der Waals surface area contributed by atoms with E-state index in [-0.39, 0.29) is 29.5 Å². The van der Waals surface area contributed by atoms with E-state index in [4.69, 9.17) is 21.1 Å². The molecule has 0 saturated heterocycles. The Labute approximate surface area is 232 Å². The van der Waals surface area contributed by atoms with Crippen LogP contribution in [0.5, 0.6) is 0 Å². The zero-order valence-corrected chi connectivity index (χ0v) is 23.4. The average Bonchev–Trinajstić information content (AvgIpc) is 3.33. The summed E-state index contributed by atoms with van der Waals surface area (Å²) in [6.45, 7) is 8.59. The number of hydrogen-bond acceptors (Lipinski definition) is 6. The van der Waals surface area contributed by atoms with Crippen LogP contribution in [0.4, 0.5) is 0 Å². The van der Waals surface area contributed by atoms with Crippen molar-refractivity contribution in [3.63, 3.8) is 0 Å². The molecule has 204 valence electrons. The third-order valence-corrected chi connectivity index (χ3v) is 7.15. The number of Topliss-reactive ketones (excluding diaryl/α,β-unsaturated/α-hetero) is 1. The molecule has 0 radical (unpaired) electrons. The number of fused-ring (bicyclic) bond motifs is 4. The smallest absolute Gasteiger partial charge is 0.251 e. The van der Waals surface area contributed by atoms with Gasteiger partial charge in [-0.3, -0.25) is 9.59 Å². The van der Waals surface area contributed by atoms with Crippen molar-refractivity contribution in [2.45, 2.75) is 71.3 Å². The number of benzene rings is 1. The van der Waals surface area contributed by atoms with Gasteiger partial charge in [0.05, 0.1) is 24.4 Å². The van der Waals surface area contributed by atoms with E-state index in [0.717, 1.165) is 34.2 Å². The van der Waals surface area contributed by atoms with Crippen LogP contribution in [0.2, 0.25) is 5.02 Å². The van der Waals surface area contributed by atoms with Crippen LogP contribution >= 0.6 is 11.6 Å². The van der Waals surface area contributed by atoms with Crippen molar-refractivity contribution >= 4 is 23.0 Å². The molecule has 1 aliphatic rings. The van der Waals surface area contributed by atoms with Crippen LogP contribution in [0.3, 0.4) is 0 Å². The summed E-state index contributed by atoms with van der Waals surface area (Å²) in [5.74, 6) is -0.0815. The Balaban J connectivity index is 1.53. The lowest BCUT2D eigenvalue weighted by molar-refractivity contribution is -0.122. The minimum atomic E-state index is -0.707. The van der Waals surface area contributed by atoms with Crippen molar-refractivity contribution in [1.82, 2.24) is 19.2 Å². The molecule has 3 aromatic heterocycles. The summed E-state index contributed by atoms with van der Waals surface area (Å²) >= 11 is 6.35. The zero-order valence-electron chi connectivity index (χ0n) is 22.7. The fraction of sp³-hybridized carbons (Fsp3) is 0.400. The van der Waals surface area contributed by atoms with Crippen molar-refractivity contribution < 1.29 is 14.3 Å². The maximum Gasteiger partial charge on any atom is 0.251 e. The van der Waals surface area contributed by atoms with Crippen molar-refractivity contribution in [3.05, 3.63) is 87.2 Å². The number of nitrogens with zero attached hydrogens (tertiary/aromatic N) is 4. The minimum absolute atomic E-state index is 0.0110. The molecule has 5 rings (SSSR count). The second-order valence-electron chi connectivity index (χ2n) is 11.1. The second kappa shape index (κ2) is 11.0. The maximum absolute atomic E-state index is 13.8. The molecule has 1 aliphatic heterocycles. The summed E-state index contributed by atoms with van der Waals surface area (Å²) in [5.41, 5.74) is 4.47. The highest BCUT2D eigenvalue weighted by atomic mass is 35.5. The fourth-order valence-electron chi connectivity index (χ4n) is 5.00. The fourth-order valence-corrected chi connectivity index (χ4v) is 5.17. The Kier molecular flexibility index (Phi) is 7.71. The quantitative estimate of drug-likeness (QED) is 0.314. The molecule has 1 aromatic carbocycles. The van der Waals surface area contributed by atoms with Gasteiger partial charge < -0.3 is 14.0 Å². The maximum atomic E-state index is 13.8. The van der Waals surface area contributed by atoms with E-state index in [1.165, 1.54) is 6.33 Å². The van der Waals surface area contributed by atoms with Crippen molar-refractivity contribution in [1.29, 1.82) is 0 Å². The van der Waals surface area contributed by atoms with Gasteiger partial charge in [-0.2, -0.15) is 5.10 Å². The molecule has 0 unspecified atom stereocenters. The highest BCUT2D eigenvalue weighted by molar-refractivity contribution is 6.30. The van der Waals surface area contributed by atoms with Gasteiger partial charge in [-0.05, 0) is 87.1 Å². The first-order valence-corrected chi connectivity index (χ1v) is 13.6. The molecule has 0 amide bonds. The van der Waals surface area contributed by atoms with Crippen LogP contribution in [0.25, 0.3) is 16.8 Å². The molecule has 0 aliphatic carbocycles. The van der Waals surface area contributed by atoms with Crippen LogP contribution in [0.15, 0.2) is 59.9 Å². The van der Waals surface area contributed by atoms with Crippen LogP contribution in [-0.2, 0) is 33.7 Å². The van der Waals surface area contributed by atoms with Gasteiger partial charge in [-0.1, -0.05) is 17.7 Å². The lowest BCUT2D eigenvalue weighted by atomic mass is 9.92. The Bertz CT molecular complexity index is 1570. The lowest BCUT2D eigenvalue weighted by Gasteiger charge is -2.26. The number of aromatic nitrogens is 4. The first-order valence-electron chi connectivity index (χ1n) is 13.2. The Morgan fingerprint density at radius 2 is 1.97 bits per heavy atom. The summed E-state index contributed by atoms with van der Waals surface area (Å²) in [7, 11) is 0. The summed E-state index contributed by atoms with van der Waals surface area (Å²) < 4.78 is 15.3. The Hall–Kier alpha value is -3.33. The van der Waals surface area contributed by atoms with Gasteiger partial charge in [0.15, 0.2) is 11.4 Å². The summed E-state index contributed by atoms with van der Waals surface area (Å²) in [6.07, 6.45) is 6.25. The third kappa shape index (κ3) is 6.30. The molecule has 0 spiro atoms. The SMILES string of the molecule is C[C@@H]1Cc2ccc(Cl)cc2-c2cc(=O)n([C@@H](CCOC(C)(C)C)C(=O)Cc3ccn4ncnc4c3)cc2CO1. The van der Waals surface area contributed by atoms with Crippen molar-refractivity contribution in [2.24, 2.45) is 0 Å². The van der Waals surface area contributed by atoms with Crippen molar-refractivity contribution in [3.8, 4) is 11.1 Å². The third-order valence-electron chi connectivity index (χ3n) is 6.91. The highest BCUT2D eigenvalue weighted by Crippen LogP contribution is 2.33. The number of carbonyl (C=O) groups excluding carboxylic acids is 1. The molecular formula is C30H33ClN4O4. The molecule has 0 fully saturated rings.